The summed E-state index contributed by atoms with van der Waals surface area (Å²) in [6, 6.07) is 11.1. The van der Waals surface area contributed by atoms with Gasteiger partial charge in [-0.25, -0.2) is 8.42 Å². The minimum atomic E-state index is -4.83. The van der Waals surface area contributed by atoms with E-state index in [0.29, 0.717) is 19.2 Å². The van der Waals surface area contributed by atoms with Crippen molar-refractivity contribution in [1.29, 1.82) is 0 Å². The molecule has 0 N–H and O–H groups in total. The Morgan fingerprint density at radius 2 is 1.74 bits per heavy atom. The molecule has 1 aliphatic heterocycles. The molecule has 9 heteroatoms. The molecule has 0 aromatic heterocycles. The zero-order valence-electron chi connectivity index (χ0n) is 14.4. The summed E-state index contributed by atoms with van der Waals surface area (Å²) in [6.45, 7) is 0.911. The fourth-order valence-electron chi connectivity index (χ4n) is 3.21. The predicted molar refractivity (Wildman–Crippen MR) is 97.0 cm³/mol. The van der Waals surface area contributed by atoms with Gasteiger partial charge in [0.25, 0.3) is 0 Å². The first kappa shape index (κ1) is 20.1. The molecule has 27 heavy (non-hydrogen) atoms. The normalized spacial score (nSPS) is 20.0. The predicted octanol–water partition coefficient (Wildman–Crippen LogP) is 4.04. The van der Waals surface area contributed by atoms with Crippen LogP contribution in [0.2, 0.25) is 5.02 Å². The van der Waals surface area contributed by atoms with Crippen LogP contribution in [0, 0.1) is 0 Å². The van der Waals surface area contributed by atoms with Gasteiger partial charge in [-0.3, -0.25) is 0 Å². The molecule has 2 aromatic carbocycles. The second-order valence-electron chi connectivity index (χ2n) is 6.44. The standard InChI is InChI=1S/C18H18ClF3N2O2S/c1-23-9-10-24(16(12-23)13-5-3-2-4-6-13)27(25,26)17-8-7-14(19)11-15(17)18(20,21)22/h2-8,11,16H,9-10,12H2,1H3/t16-/m0/s1. The number of likely N-dealkylation sites (N-methyl/N-ethyl adjacent to an activating group) is 1. The van der Waals surface area contributed by atoms with E-state index >= 15 is 0 Å². The summed E-state index contributed by atoms with van der Waals surface area (Å²) in [5.41, 5.74) is -0.518. The molecule has 2 aromatic rings. The van der Waals surface area contributed by atoms with Crippen molar-refractivity contribution in [3.8, 4) is 0 Å². The maximum Gasteiger partial charge on any atom is 0.417 e. The van der Waals surface area contributed by atoms with Crippen LogP contribution in [-0.4, -0.2) is 44.3 Å². The number of rotatable bonds is 3. The Hall–Kier alpha value is -1.61. The smallest absolute Gasteiger partial charge is 0.303 e. The van der Waals surface area contributed by atoms with Crippen LogP contribution in [-0.2, 0) is 16.2 Å². The Balaban J connectivity index is 2.11. The molecular weight excluding hydrogens is 401 g/mol. The lowest BCUT2D eigenvalue weighted by Crippen LogP contribution is -2.49. The third-order valence-corrected chi connectivity index (χ3v) is 6.75. The number of benzene rings is 2. The van der Waals surface area contributed by atoms with E-state index in [1.807, 2.05) is 11.9 Å². The van der Waals surface area contributed by atoms with Crippen molar-refractivity contribution in [3.63, 3.8) is 0 Å². The maximum atomic E-state index is 13.5. The maximum absolute atomic E-state index is 13.5. The summed E-state index contributed by atoms with van der Waals surface area (Å²) in [4.78, 5) is 1.18. The molecule has 1 fully saturated rings. The van der Waals surface area contributed by atoms with Crippen molar-refractivity contribution in [1.82, 2.24) is 9.21 Å². The first-order valence-electron chi connectivity index (χ1n) is 8.23. The van der Waals surface area contributed by atoms with Gasteiger partial charge < -0.3 is 4.90 Å². The zero-order valence-corrected chi connectivity index (χ0v) is 16.0. The molecule has 0 unspecified atom stereocenters. The molecule has 0 spiro atoms. The average molecular weight is 419 g/mol. The second-order valence-corrected chi connectivity index (χ2v) is 8.74. The highest BCUT2D eigenvalue weighted by atomic mass is 35.5. The lowest BCUT2D eigenvalue weighted by molar-refractivity contribution is -0.139. The topological polar surface area (TPSA) is 40.6 Å². The van der Waals surface area contributed by atoms with E-state index in [2.05, 4.69) is 0 Å². The van der Waals surface area contributed by atoms with E-state index in [-0.39, 0.29) is 11.6 Å². The zero-order chi connectivity index (χ0) is 19.8. The number of halogens is 4. The molecule has 0 bridgehead atoms. The van der Waals surface area contributed by atoms with Crippen molar-refractivity contribution < 1.29 is 21.6 Å². The highest BCUT2D eigenvalue weighted by Crippen LogP contribution is 2.39. The van der Waals surface area contributed by atoms with E-state index in [1.165, 1.54) is 0 Å². The van der Waals surface area contributed by atoms with Gasteiger partial charge in [-0.2, -0.15) is 17.5 Å². The molecule has 1 aliphatic rings. The van der Waals surface area contributed by atoms with Crippen LogP contribution in [0.15, 0.2) is 53.4 Å². The van der Waals surface area contributed by atoms with Crippen LogP contribution in [0.3, 0.4) is 0 Å². The highest BCUT2D eigenvalue weighted by molar-refractivity contribution is 7.89. The van der Waals surface area contributed by atoms with Gasteiger partial charge >= 0.3 is 6.18 Å². The molecule has 146 valence electrons. The van der Waals surface area contributed by atoms with E-state index in [4.69, 9.17) is 11.6 Å². The quantitative estimate of drug-likeness (QED) is 0.755. The average Bonchev–Trinajstić information content (AvgIpc) is 2.61. The summed E-state index contributed by atoms with van der Waals surface area (Å²) >= 11 is 5.69. The molecule has 1 saturated heterocycles. The SMILES string of the molecule is CN1CCN(S(=O)(=O)c2ccc(Cl)cc2C(F)(F)F)[C@H](c2ccccc2)C1. The first-order chi connectivity index (χ1) is 12.6. The summed E-state index contributed by atoms with van der Waals surface area (Å²) in [6.07, 6.45) is -4.83. The molecular formula is C18H18ClF3N2O2S. The van der Waals surface area contributed by atoms with Crippen LogP contribution < -0.4 is 0 Å². The van der Waals surface area contributed by atoms with E-state index in [0.717, 1.165) is 22.0 Å². The Morgan fingerprint density at radius 3 is 2.37 bits per heavy atom. The monoisotopic (exact) mass is 418 g/mol. The Morgan fingerprint density at radius 1 is 1.07 bits per heavy atom. The summed E-state index contributed by atoms with van der Waals surface area (Å²) < 4.78 is 68.0. The Kier molecular flexibility index (Phi) is 5.54. The molecule has 4 nitrogen and oxygen atoms in total. The van der Waals surface area contributed by atoms with E-state index < -0.39 is 32.7 Å². The molecule has 0 radical (unpaired) electrons. The summed E-state index contributed by atoms with van der Waals surface area (Å²) in [5.74, 6) is 0. The van der Waals surface area contributed by atoms with Crippen molar-refractivity contribution >= 4 is 21.6 Å². The molecule has 0 aliphatic carbocycles. The third-order valence-electron chi connectivity index (χ3n) is 4.55. The van der Waals surface area contributed by atoms with Gasteiger partial charge in [-0.15, -0.1) is 0 Å². The van der Waals surface area contributed by atoms with Crippen molar-refractivity contribution in [2.45, 2.75) is 17.1 Å². The number of hydrogen-bond acceptors (Lipinski definition) is 3. The molecule has 0 amide bonds. The minimum Gasteiger partial charge on any atom is -0.303 e. The largest absolute Gasteiger partial charge is 0.417 e. The minimum absolute atomic E-state index is 0.0956. The van der Waals surface area contributed by atoms with Crippen LogP contribution in [0.5, 0.6) is 0 Å². The fourth-order valence-corrected chi connectivity index (χ4v) is 5.17. The number of alkyl halides is 3. The second kappa shape index (κ2) is 7.43. The Bertz CT molecular complexity index is 920. The van der Waals surface area contributed by atoms with Crippen LogP contribution in [0.1, 0.15) is 17.2 Å². The highest BCUT2D eigenvalue weighted by Gasteiger charge is 2.42. The van der Waals surface area contributed by atoms with Gasteiger partial charge in [-0.1, -0.05) is 41.9 Å². The molecule has 3 rings (SSSR count). The van der Waals surface area contributed by atoms with Crippen molar-refractivity contribution in [2.75, 3.05) is 26.7 Å². The molecule has 1 atom stereocenters. The fraction of sp³-hybridized carbons (Fsp3) is 0.333. The van der Waals surface area contributed by atoms with Crippen molar-refractivity contribution in [3.05, 3.63) is 64.7 Å². The van der Waals surface area contributed by atoms with Gasteiger partial charge in [0.2, 0.25) is 10.0 Å². The van der Waals surface area contributed by atoms with Gasteiger partial charge in [0, 0.05) is 24.7 Å². The lowest BCUT2D eigenvalue weighted by atomic mass is 10.1. The van der Waals surface area contributed by atoms with Crippen LogP contribution in [0.25, 0.3) is 0 Å². The van der Waals surface area contributed by atoms with Crippen molar-refractivity contribution in [2.24, 2.45) is 0 Å². The lowest BCUT2D eigenvalue weighted by Gasteiger charge is -2.39. The van der Waals surface area contributed by atoms with E-state index in [9.17, 15) is 21.6 Å². The summed E-state index contributed by atoms with van der Waals surface area (Å²) in [5, 5.41) is -0.167. The number of sulfonamides is 1. The van der Waals surface area contributed by atoms with Gasteiger partial charge in [0.15, 0.2) is 0 Å². The van der Waals surface area contributed by atoms with Crippen LogP contribution in [0.4, 0.5) is 13.2 Å². The van der Waals surface area contributed by atoms with Crippen LogP contribution >= 0.6 is 11.6 Å². The van der Waals surface area contributed by atoms with Gasteiger partial charge in [0.1, 0.15) is 0 Å². The molecule has 1 heterocycles. The van der Waals surface area contributed by atoms with E-state index in [1.54, 1.807) is 30.3 Å². The number of hydrogen-bond donors (Lipinski definition) is 0. The van der Waals surface area contributed by atoms with Gasteiger partial charge in [0.05, 0.1) is 16.5 Å². The first-order valence-corrected chi connectivity index (χ1v) is 10.0. The third kappa shape index (κ3) is 4.13. The molecule has 0 saturated carbocycles. The number of nitrogens with zero attached hydrogens (tertiary/aromatic N) is 2. The summed E-state index contributed by atoms with van der Waals surface area (Å²) in [7, 11) is -2.53. The van der Waals surface area contributed by atoms with Gasteiger partial charge in [-0.05, 0) is 30.8 Å². The Labute approximate surface area is 161 Å². The number of piperazine rings is 1.